The van der Waals surface area contributed by atoms with E-state index in [4.69, 9.17) is 9.47 Å². The smallest absolute Gasteiger partial charge is 0.273 e. The monoisotopic (exact) mass is 454 g/mol. The molecule has 4 aromatic rings. The van der Waals surface area contributed by atoms with E-state index in [-0.39, 0.29) is 11.9 Å². The standard InChI is InChI=1S/C27H26N4O3/c1-3-14-34-21-12-11-20(15-22(21)33-2)26-23-24(19-9-5-4-6-10-19)29-30-25(23)27(32)31(26)17-18-8-7-13-28-16-18/h4-13,15-16,26H,3,14,17H2,1-2H3,(H,29,30). The first kappa shape index (κ1) is 21.7. The van der Waals surface area contributed by atoms with Crippen molar-refractivity contribution in [2.75, 3.05) is 13.7 Å². The Hall–Kier alpha value is -4.13. The zero-order valence-electron chi connectivity index (χ0n) is 19.2. The molecule has 0 saturated heterocycles. The highest BCUT2D eigenvalue weighted by Crippen LogP contribution is 2.45. The molecule has 2 aromatic heterocycles. The van der Waals surface area contributed by atoms with Crippen LogP contribution in [0.1, 0.15) is 46.6 Å². The second kappa shape index (κ2) is 9.39. The molecule has 0 radical (unpaired) electrons. The molecule has 7 heteroatoms. The summed E-state index contributed by atoms with van der Waals surface area (Å²) >= 11 is 0. The number of nitrogens with one attached hydrogen (secondary N) is 1. The third-order valence-electron chi connectivity index (χ3n) is 5.95. The minimum Gasteiger partial charge on any atom is -0.493 e. The van der Waals surface area contributed by atoms with Gasteiger partial charge in [0.1, 0.15) is 5.69 Å². The summed E-state index contributed by atoms with van der Waals surface area (Å²) in [6.45, 7) is 3.09. The Kier molecular flexibility index (Phi) is 5.99. The molecule has 1 unspecified atom stereocenters. The van der Waals surface area contributed by atoms with Crippen LogP contribution in [0.15, 0.2) is 73.1 Å². The normalized spacial score (nSPS) is 14.8. The van der Waals surface area contributed by atoms with Gasteiger partial charge in [-0.25, -0.2) is 0 Å². The predicted molar refractivity (Wildman–Crippen MR) is 129 cm³/mol. The number of ether oxygens (including phenoxy) is 2. The number of carbonyl (C=O) groups is 1. The Balaban J connectivity index is 1.63. The van der Waals surface area contributed by atoms with Gasteiger partial charge >= 0.3 is 0 Å². The maximum Gasteiger partial charge on any atom is 0.273 e. The van der Waals surface area contributed by atoms with Gasteiger partial charge in [-0.05, 0) is 35.7 Å². The number of pyridine rings is 1. The van der Waals surface area contributed by atoms with E-state index in [2.05, 4.69) is 22.1 Å². The van der Waals surface area contributed by atoms with Crippen LogP contribution >= 0.6 is 0 Å². The summed E-state index contributed by atoms with van der Waals surface area (Å²) in [7, 11) is 1.63. The highest BCUT2D eigenvalue weighted by molar-refractivity contribution is 6.00. The van der Waals surface area contributed by atoms with Crippen molar-refractivity contribution < 1.29 is 14.3 Å². The van der Waals surface area contributed by atoms with Gasteiger partial charge in [0.15, 0.2) is 11.5 Å². The molecule has 1 amide bonds. The number of rotatable bonds is 8. The minimum absolute atomic E-state index is 0.0937. The summed E-state index contributed by atoms with van der Waals surface area (Å²) < 4.78 is 11.5. The topological polar surface area (TPSA) is 80.3 Å². The molecule has 172 valence electrons. The third kappa shape index (κ3) is 3.90. The summed E-state index contributed by atoms with van der Waals surface area (Å²) in [4.78, 5) is 19.6. The van der Waals surface area contributed by atoms with Gasteiger partial charge in [-0.1, -0.05) is 49.4 Å². The van der Waals surface area contributed by atoms with Crippen molar-refractivity contribution in [3.63, 3.8) is 0 Å². The van der Waals surface area contributed by atoms with E-state index in [9.17, 15) is 4.79 Å². The highest BCUT2D eigenvalue weighted by atomic mass is 16.5. The number of H-pyrrole nitrogens is 1. The first-order valence-electron chi connectivity index (χ1n) is 11.4. The summed E-state index contributed by atoms with van der Waals surface area (Å²) in [5.41, 5.74) is 4.98. The molecule has 0 aliphatic carbocycles. The summed E-state index contributed by atoms with van der Waals surface area (Å²) in [6, 6.07) is 19.3. The lowest BCUT2D eigenvalue weighted by atomic mass is 9.95. The number of hydrogen-bond acceptors (Lipinski definition) is 5. The zero-order chi connectivity index (χ0) is 23.5. The lowest BCUT2D eigenvalue weighted by molar-refractivity contribution is 0.0729. The predicted octanol–water partition coefficient (Wildman–Crippen LogP) is 5.01. The Morgan fingerprint density at radius 2 is 1.91 bits per heavy atom. The van der Waals surface area contributed by atoms with Crippen LogP contribution in [0, 0.1) is 0 Å². The molecule has 0 bridgehead atoms. The lowest BCUT2D eigenvalue weighted by Gasteiger charge is -2.27. The SMILES string of the molecule is CCCOc1ccc(C2c3c(-c4ccccc4)n[nH]c3C(=O)N2Cc2cccnc2)cc1OC. The maximum atomic E-state index is 13.6. The number of carbonyl (C=O) groups excluding carboxylic acids is 1. The van der Waals surface area contributed by atoms with E-state index in [1.165, 1.54) is 0 Å². The number of aromatic amines is 1. The zero-order valence-corrected chi connectivity index (χ0v) is 19.2. The van der Waals surface area contributed by atoms with Gasteiger partial charge in [0.2, 0.25) is 0 Å². The van der Waals surface area contributed by atoms with Crippen LogP contribution in [-0.2, 0) is 6.54 Å². The first-order valence-corrected chi connectivity index (χ1v) is 11.4. The second-order valence-electron chi connectivity index (χ2n) is 8.18. The fraction of sp³-hybridized carbons (Fsp3) is 0.222. The molecule has 2 aromatic carbocycles. The third-order valence-corrected chi connectivity index (χ3v) is 5.95. The van der Waals surface area contributed by atoms with Crippen LogP contribution in [0.4, 0.5) is 0 Å². The van der Waals surface area contributed by atoms with Crippen molar-refractivity contribution in [2.24, 2.45) is 0 Å². The summed E-state index contributed by atoms with van der Waals surface area (Å²) in [5.74, 6) is 1.23. The quantitative estimate of drug-likeness (QED) is 0.405. The Morgan fingerprint density at radius 1 is 1.06 bits per heavy atom. The fourth-order valence-corrected chi connectivity index (χ4v) is 4.40. The first-order chi connectivity index (χ1) is 16.7. The number of nitrogens with zero attached hydrogens (tertiary/aromatic N) is 3. The fourth-order valence-electron chi connectivity index (χ4n) is 4.40. The van der Waals surface area contributed by atoms with Crippen LogP contribution in [0.5, 0.6) is 11.5 Å². The molecule has 1 aliphatic heterocycles. The van der Waals surface area contributed by atoms with Gasteiger partial charge in [-0.3, -0.25) is 14.9 Å². The molecule has 1 aliphatic rings. The van der Waals surface area contributed by atoms with Gasteiger partial charge < -0.3 is 14.4 Å². The van der Waals surface area contributed by atoms with E-state index < -0.39 is 0 Å². The van der Waals surface area contributed by atoms with Crippen LogP contribution in [0.25, 0.3) is 11.3 Å². The van der Waals surface area contributed by atoms with Crippen molar-refractivity contribution in [3.8, 4) is 22.8 Å². The van der Waals surface area contributed by atoms with Crippen molar-refractivity contribution >= 4 is 5.91 Å². The van der Waals surface area contributed by atoms with E-state index in [0.29, 0.717) is 30.3 Å². The van der Waals surface area contributed by atoms with Crippen molar-refractivity contribution in [3.05, 3.63) is 95.4 Å². The number of benzene rings is 2. The van der Waals surface area contributed by atoms with Crippen LogP contribution < -0.4 is 9.47 Å². The van der Waals surface area contributed by atoms with Crippen molar-refractivity contribution in [2.45, 2.75) is 25.9 Å². The number of hydrogen-bond donors (Lipinski definition) is 1. The average molecular weight is 455 g/mol. The van der Waals surface area contributed by atoms with Crippen molar-refractivity contribution in [1.82, 2.24) is 20.1 Å². The Bertz CT molecular complexity index is 1290. The van der Waals surface area contributed by atoms with Gasteiger partial charge in [0.25, 0.3) is 5.91 Å². The van der Waals surface area contributed by atoms with Gasteiger partial charge in [-0.2, -0.15) is 5.10 Å². The molecular weight excluding hydrogens is 428 g/mol. The van der Waals surface area contributed by atoms with Crippen LogP contribution in [0.2, 0.25) is 0 Å². The maximum absolute atomic E-state index is 13.6. The lowest BCUT2D eigenvalue weighted by Crippen LogP contribution is -2.29. The van der Waals surface area contributed by atoms with E-state index >= 15 is 0 Å². The molecule has 3 heterocycles. The van der Waals surface area contributed by atoms with Crippen molar-refractivity contribution in [1.29, 1.82) is 0 Å². The molecule has 1 atom stereocenters. The molecule has 0 spiro atoms. The second-order valence-corrected chi connectivity index (χ2v) is 8.18. The number of methoxy groups -OCH3 is 1. The molecule has 1 N–H and O–H groups in total. The average Bonchev–Trinajstić information content (AvgIpc) is 3.43. The van der Waals surface area contributed by atoms with E-state index in [0.717, 1.165) is 34.4 Å². The molecule has 7 nitrogen and oxygen atoms in total. The Morgan fingerprint density at radius 3 is 2.65 bits per heavy atom. The molecule has 0 fully saturated rings. The summed E-state index contributed by atoms with van der Waals surface area (Å²) in [5, 5.41) is 7.54. The van der Waals surface area contributed by atoms with E-state index in [1.54, 1.807) is 19.5 Å². The summed E-state index contributed by atoms with van der Waals surface area (Å²) in [6.07, 6.45) is 4.42. The van der Waals surface area contributed by atoms with Gasteiger partial charge in [0, 0.05) is 30.1 Å². The molecule has 34 heavy (non-hydrogen) atoms. The van der Waals surface area contributed by atoms with Gasteiger partial charge in [0.05, 0.1) is 25.5 Å². The number of fused-ring (bicyclic) bond motifs is 1. The number of amides is 1. The van der Waals surface area contributed by atoms with Crippen LogP contribution in [-0.4, -0.2) is 39.7 Å². The Labute approximate surface area is 198 Å². The molecule has 5 rings (SSSR count). The number of aromatic nitrogens is 3. The largest absolute Gasteiger partial charge is 0.493 e. The minimum atomic E-state index is -0.342. The van der Waals surface area contributed by atoms with E-state index in [1.807, 2.05) is 65.6 Å². The highest BCUT2D eigenvalue weighted by Gasteiger charge is 2.42. The van der Waals surface area contributed by atoms with Gasteiger partial charge in [-0.15, -0.1) is 0 Å². The van der Waals surface area contributed by atoms with Crippen LogP contribution in [0.3, 0.4) is 0 Å². The molecule has 0 saturated carbocycles. The molecular formula is C27H26N4O3.